The Labute approximate surface area is 148 Å². The van der Waals surface area contributed by atoms with E-state index < -0.39 is 0 Å². The zero-order chi connectivity index (χ0) is 16.1. The van der Waals surface area contributed by atoms with Crippen LogP contribution in [0.25, 0.3) is 0 Å². The van der Waals surface area contributed by atoms with Crippen molar-refractivity contribution in [3.05, 3.63) is 29.8 Å². The van der Waals surface area contributed by atoms with Crippen molar-refractivity contribution in [2.24, 2.45) is 0 Å². The van der Waals surface area contributed by atoms with Gasteiger partial charge in [-0.3, -0.25) is 14.9 Å². The molecule has 2 rings (SSSR count). The molecule has 0 spiro atoms. The first kappa shape index (κ1) is 19.8. The van der Waals surface area contributed by atoms with E-state index in [4.69, 9.17) is 0 Å². The van der Waals surface area contributed by atoms with Gasteiger partial charge in [-0.25, -0.2) is 0 Å². The highest BCUT2D eigenvalue weighted by atomic mass is 35.5. The summed E-state index contributed by atoms with van der Waals surface area (Å²) in [6.07, 6.45) is 0. The average Bonchev–Trinajstić information content (AvgIpc) is 3.00. The number of hydrogen-bond donors (Lipinski definition) is 2. The van der Waals surface area contributed by atoms with E-state index in [-0.39, 0.29) is 36.3 Å². The molecule has 0 radical (unpaired) electrons. The van der Waals surface area contributed by atoms with Crippen LogP contribution in [0.3, 0.4) is 0 Å². The molecule has 5 nitrogen and oxygen atoms in total. The summed E-state index contributed by atoms with van der Waals surface area (Å²) in [5, 5.41) is 6.06. The maximum absolute atomic E-state index is 12.0. The van der Waals surface area contributed by atoms with E-state index in [1.54, 1.807) is 18.7 Å². The highest BCUT2D eigenvalue weighted by molar-refractivity contribution is 7.99. The lowest BCUT2D eigenvalue weighted by Gasteiger charge is -2.25. The van der Waals surface area contributed by atoms with Crippen LogP contribution in [0.1, 0.15) is 26.3 Å². The molecule has 128 valence electrons. The lowest BCUT2D eigenvalue weighted by atomic mass is 10.1. The SMILES string of the molecule is CC(=O)N(Cc1ccc(NC(=O)C2CSCN2)cc1)C(C)C.Cl. The number of rotatable bonds is 5. The molecule has 2 amide bonds. The van der Waals surface area contributed by atoms with Crippen LogP contribution in [0.4, 0.5) is 5.69 Å². The van der Waals surface area contributed by atoms with Gasteiger partial charge in [0.2, 0.25) is 11.8 Å². The quantitative estimate of drug-likeness (QED) is 0.849. The molecule has 1 aromatic carbocycles. The highest BCUT2D eigenvalue weighted by Gasteiger charge is 2.22. The first-order valence-electron chi connectivity index (χ1n) is 7.45. The Morgan fingerprint density at radius 2 is 2.00 bits per heavy atom. The number of hydrogen-bond acceptors (Lipinski definition) is 4. The molecule has 1 heterocycles. The van der Waals surface area contributed by atoms with Gasteiger partial charge in [0.05, 0.1) is 6.04 Å². The van der Waals surface area contributed by atoms with Crippen LogP contribution in [0.5, 0.6) is 0 Å². The Hall–Kier alpha value is -1.24. The summed E-state index contributed by atoms with van der Waals surface area (Å²) >= 11 is 1.73. The molecule has 1 unspecified atom stereocenters. The van der Waals surface area contributed by atoms with Crippen molar-refractivity contribution in [2.45, 2.75) is 39.4 Å². The molecule has 23 heavy (non-hydrogen) atoms. The van der Waals surface area contributed by atoms with Gasteiger partial charge >= 0.3 is 0 Å². The molecule has 0 bridgehead atoms. The van der Waals surface area contributed by atoms with Gasteiger partial charge < -0.3 is 10.2 Å². The molecular weight excluding hydrogens is 334 g/mol. The average molecular weight is 358 g/mol. The second-order valence-electron chi connectivity index (χ2n) is 5.70. The Balaban J connectivity index is 0.00000264. The lowest BCUT2D eigenvalue weighted by Crippen LogP contribution is -2.37. The van der Waals surface area contributed by atoms with Crippen molar-refractivity contribution in [3.63, 3.8) is 0 Å². The molecule has 1 atom stereocenters. The van der Waals surface area contributed by atoms with Gasteiger partial charge in [0.1, 0.15) is 0 Å². The number of anilines is 1. The minimum absolute atomic E-state index is 0. The van der Waals surface area contributed by atoms with Gasteiger partial charge in [-0.05, 0) is 31.5 Å². The fraction of sp³-hybridized carbons (Fsp3) is 0.500. The Bertz CT molecular complexity index is 531. The summed E-state index contributed by atoms with van der Waals surface area (Å²) in [6.45, 7) is 6.18. The van der Waals surface area contributed by atoms with E-state index in [1.807, 2.05) is 43.0 Å². The van der Waals surface area contributed by atoms with E-state index in [0.717, 1.165) is 22.9 Å². The van der Waals surface area contributed by atoms with Crippen LogP contribution in [0.2, 0.25) is 0 Å². The van der Waals surface area contributed by atoms with Crippen molar-refractivity contribution in [1.82, 2.24) is 10.2 Å². The monoisotopic (exact) mass is 357 g/mol. The normalized spacial score (nSPS) is 16.8. The zero-order valence-corrected chi connectivity index (χ0v) is 15.3. The predicted molar refractivity (Wildman–Crippen MR) is 97.9 cm³/mol. The molecule has 0 aromatic heterocycles. The minimum Gasteiger partial charge on any atom is -0.336 e. The van der Waals surface area contributed by atoms with Gasteiger partial charge in [-0.2, -0.15) is 0 Å². The van der Waals surface area contributed by atoms with Gasteiger partial charge in [0.15, 0.2) is 0 Å². The van der Waals surface area contributed by atoms with Gasteiger partial charge in [-0.1, -0.05) is 12.1 Å². The van der Waals surface area contributed by atoms with Crippen molar-refractivity contribution in [1.29, 1.82) is 0 Å². The fourth-order valence-corrected chi connectivity index (χ4v) is 3.28. The van der Waals surface area contributed by atoms with E-state index >= 15 is 0 Å². The molecular formula is C16H24ClN3O2S. The van der Waals surface area contributed by atoms with Crippen LogP contribution in [-0.2, 0) is 16.1 Å². The van der Waals surface area contributed by atoms with Gasteiger partial charge in [0.25, 0.3) is 0 Å². The molecule has 0 saturated carbocycles. The number of nitrogens with one attached hydrogen (secondary N) is 2. The number of benzene rings is 1. The molecule has 2 N–H and O–H groups in total. The van der Waals surface area contributed by atoms with Crippen molar-refractivity contribution < 1.29 is 9.59 Å². The van der Waals surface area contributed by atoms with E-state index in [1.165, 1.54) is 0 Å². The van der Waals surface area contributed by atoms with Crippen molar-refractivity contribution in [2.75, 3.05) is 16.9 Å². The second kappa shape index (κ2) is 9.15. The Kier molecular flexibility index (Phi) is 7.88. The standard InChI is InChI=1S/C16H23N3O2S.ClH/c1-11(2)19(12(3)20)8-13-4-6-14(7-5-13)18-16(21)15-9-22-10-17-15;/h4-7,11,15,17H,8-10H2,1-3H3,(H,18,21);1H. The summed E-state index contributed by atoms with van der Waals surface area (Å²) < 4.78 is 0. The van der Waals surface area contributed by atoms with Crippen molar-refractivity contribution in [3.8, 4) is 0 Å². The lowest BCUT2D eigenvalue weighted by molar-refractivity contribution is -0.131. The highest BCUT2D eigenvalue weighted by Crippen LogP contribution is 2.15. The maximum Gasteiger partial charge on any atom is 0.242 e. The van der Waals surface area contributed by atoms with Gasteiger partial charge in [-0.15, -0.1) is 24.2 Å². The zero-order valence-electron chi connectivity index (χ0n) is 13.7. The first-order chi connectivity index (χ1) is 10.5. The summed E-state index contributed by atoms with van der Waals surface area (Å²) in [5.74, 6) is 1.71. The molecule has 1 aromatic rings. The van der Waals surface area contributed by atoms with Crippen LogP contribution >= 0.6 is 24.2 Å². The van der Waals surface area contributed by atoms with Crippen LogP contribution < -0.4 is 10.6 Å². The molecule has 0 aliphatic carbocycles. The Morgan fingerprint density at radius 1 is 1.35 bits per heavy atom. The molecule has 1 fully saturated rings. The summed E-state index contributed by atoms with van der Waals surface area (Å²) in [5.41, 5.74) is 1.84. The smallest absolute Gasteiger partial charge is 0.242 e. The van der Waals surface area contributed by atoms with E-state index in [0.29, 0.717) is 6.54 Å². The van der Waals surface area contributed by atoms with Crippen molar-refractivity contribution >= 4 is 41.7 Å². The number of nitrogens with zero attached hydrogens (tertiary/aromatic N) is 1. The van der Waals surface area contributed by atoms with E-state index in [2.05, 4.69) is 10.6 Å². The maximum atomic E-state index is 12.0. The third-order valence-corrected chi connectivity index (χ3v) is 4.57. The number of carbonyl (C=O) groups is 2. The predicted octanol–water partition coefficient (Wildman–Crippen LogP) is 2.47. The van der Waals surface area contributed by atoms with Crippen LogP contribution in [-0.4, -0.2) is 40.4 Å². The molecule has 1 saturated heterocycles. The summed E-state index contributed by atoms with van der Waals surface area (Å²) in [4.78, 5) is 25.4. The third-order valence-electron chi connectivity index (χ3n) is 3.64. The minimum atomic E-state index is -0.112. The largest absolute Gasteiger partial charge is 0.336 e. The molecule has 7 heteroatoms. The second-order valence-corrected chi connectivity index (χ2v) is 6.73. The number of carbonyl (C=O) groups excluding carboxylic acids is 2. The number of thioether (sulfide) groups is 1. The Morgan fingerprint density at radius 3 is 2.48 bits per heavy atom. The molecule has 1 aliphatic rings. The summed E-state index contributed by atoms with van der Waals surface area (Å²) in [6, 6.07) is 7.72. The fourth-order valence-electron chi connectivity index (χ4n) is 2.34. The topological polar surface area (TPSA) is 61.4 Å². The first-order valence-corrected chi connectivity index (χ1v) is 8.61. The number of amides is 2. The summed E-state index contributed by atoms with van der Waals surface area (Å²) in [7, 11) is 0. The van der Waals surface area contributed by atoms with E-state index in [9.17, 15) is 9.59 Å². The van der Waals surface area contributed by atoms with Crippen LogP contribution in [0, 0.1) is 0 Å². The third kappa shape index (κ3) is 5.71. The van der Waals surface area contributed by atoms with Gasteiger partial charge in [0, 0.05) is 36.8 Å². The van der Waals surface area contributed by atoms with Crippen LogP contribution in [0.15, 0.2) is 24.3 Å². The number of halogens is 1. The molecule has 1 aliphatic heterocycles.